The predicted molar refractivity (Wildman–Crippen MR) is 95.8 cm³/mol. The van der Waals surface area contributed by atoms with E-state index in [0.717, 1.165) is 0 Å². The summed E-state index contributed by atoms with van der Waals surface area (Å²) in [7, 11) is -0.446. The van der Waals surface area contributed by atoms with Gasteiger partial charge in [0, 0.05) is 0 Å². The molecule has 0 spiro atoms. The van der Waals surface area contributed by atoms with E-state index in [4.69, 9.17) is 0 Å². The van der Waals surface area contributed by atoms with E-state index in [1.807, 2.05) is 0 Å². The summed E-state index contributed by atoms with van der Waals surface area (Å²) in [4.78, 5) is 9.38. The summed E-state index contributed by atoms with van der Waals surface area (Å²) in [5, 5.41) is 4.19. The molecule has 0 bridgehead atoms. The van der Waals surface area contributed by atoms with E-state index in [1.165, 1.54) is 22.8 Å². The maximum absolute atomic E-state index is 9.38. The zero-order valence-electron chi connectivity index (χ0n) is 12.8. The van der Waals surface area contributed by atoms with Crippen molar-refractivity contribution in [2.45, 2.75) is 6.92 Å². The Bertz CT molecular complexity index is 616. The molecule has 0 heterocycles. The molecule has 3 rings (SSSR count). The quantitative estimate of drug-likeness (QED) is 0.476. The summed E-state index contributed by atoms with van der Waals surface area (Å²) in [5.74, 6) is 0. The van der Waals surface area contributed by atoms with Crippen LogP contribution in [0.4, 0.5) is 0 Å². The summed E-state index contributed by atoms with van der Waals surface area (Å²) < 4.78 is 0.0167. The van der Waals surface area contributed by atoms with Crippen LogP contribution in [0, 0.1) is 0 Å². The normalized spacial score (nSPS) is 9.91. The van der Waals surface area contributed by atoms with Crippen LogP contribution in [-0.2, 0) is 24.0 Å². The van der Waals surface area contributed by atoms with Gasteiger partial charge in [0.2, 0.25) is 0 Å². The van der Waals surface area contributed by atoms with Crippen LogP contribution in [0.15, 0.2) is 91.0 Å². The van der Waals surface area contributed by atoms with Crippen LogP contribution in [0.3, 0.4) is 0 Å². The predicted octanol–water partition coefficient (Wildman–Crippen LogP) is 3.52. The van der Waals surface area contributed by atoms with Crippen molar-refractivity contribution in [3.8, 4) is 0 Å². The summed E-state index contributed by atoms with van der Waals surface area (Å²) in [6.07, 6.45) is 0. The SMILES string of the molecule is C[C](=O)[Pd].c1ccc(P(c2ccccc2)c2ccccc2)cc1. The molecule has 0 aromatic heterocycles. The van der Waals surface area contributed by atoms with Crippen molar-refractivity contribution in [1.82, 2.24) is 0 Å². The Kier molecular flexibility index (Phi) is 7.37. The number of benzene rings is 3. The average molecular weight is 412 g/mol. The zero-order valence-corrected chi connectivity index (χ0v) is 15.3. The molecule has 23 heavy (non-hydrogen) atoms. The van der Waals surface area contributed by atoms with Gasteiger partial charge in [0.25, 0.3) is 0 Å². The fourth-order valence-electron chi connectivity index (χ4n) is 2.18. The van der Waals surface area contributed by atoms with Gasteiger partial charge in [0.15, 0.2) is 0 Å². The molecule has 0 fully saturated rings. The van der Waals surface area contributed by atoms with Crippen molar-refractivity contribution in [1.29, 1.82) is 0 Å². The largest absolute Gasteiger partial charge is 0.0622 e. The van der Waals surface area contributed by atoms with Gasteiger partial charge in [0.1, 0.15) is 0 Å². The Morgan fingerprint density at radius 1 is 0.652 bits per heavy atom. The third kappa shape index (κ3) is 5.85. The molecule has 0 saturated carbocycles. The van der Waals surface area contributed by atoms with Crippen LogP contribution in [0.5, 0.6) is 0 Å². The van der Waals surface area contributed by atoms with Gasteiger partial charge in [-0.15, -0.1) is 0 Å². The average Bonchev–Trinajstić information content (AvgIpc) is 2.58. The smallest absolute Gasteiger partial charge is 0.0134 e. The Labute approximate surface area is 149 Å². The van der Waals surface area contributed by atoms with E-state index in [2.05, 4.69) is 110 Å². The first-order valence-corrected chi connectivity index (χ1v) is 9.38. The van der Waals surface area contributed by atoms with Gasteiger partial charge in [-0.05, 0) is 23.8 Å². The molecule has 3 heteroatoms. The van der Waals surface area contributed by atoms with E-state index in [9.17, 15) is 4.79 Å². The Hall–Kier alpha value is -1.58. The molecule has 3 aromatic carbocycles. The van der Waals surface area contributed by atoms with E-state index in [0.29, 0.717) is 0 Å². The molecule has 119 valence electrons. The topological polar surface area (TPSA) is 17.1 Å². The molecule has 3 aromatic rings. The monoisotopic (exact) mass is 411 g/mol. The Morgan fingerprint density at radius 3 is 1.09 bits per heavy atom. The van der Waals surface area contributed by atoms with Gasteiger partial charge < -0.3 is 0 Å². The van der Waals surface area contributed by atoms with Crippen LogP contribution in [-0.4, -0.2) is 4.26 Å². The maximum Gasteiger partial charge on any atom is -0.0134 e. The molecule has 0 N–H and O–H groups in total. The van der Waals surface area contributed by atoms with Gasteiger partial charge in [-0.1, -0.05) is 91.0 Å². The third-order valence-corrected chi connectivity index (χ3v) is 5.49. The maximum atomic E-state index is 9.38. The Balaban J connectivity index is 0.000000433. The second-order valence-electron chi connectivity index (χ2n) is 4.77. The van der Waals surface area contributed by atoms with Gasteiger partial charge in [-0.3, -0.25) is 0 Å². The van der Waals surface area contributed by atoms with E-state index < -0.39 is 7.92 Å². The van der Waals surface area contributed by atoms with E-state index >= 15 is 0 Å². The molecule has 0 aliphatic rings. The molecule has 0 unspecified atom stereocenters. The zero-order chi connectivity index (χ0) is 16.5. The second kappa shape index (κ2) is 9.54. The molecule has 0 aliphatic heterocycles. The van der Waals surface area contributed by atoms with E-state index in [1.54, 1.807) is 0 Å². The van der Waals surface area contributed by atoms with Gasteiger partial charge in [0.05, 0.1) is 0 Å². The molecule has 0 aliphatic carbocycles. The minimum Gasteiger partial charge on any atom is -0.0622 e. The van der Waals surface area contributed by atoms with Crippen molar-refractivity contribution < 1.29 is 24.0 Å². The number of carbonyl (C=O) groups is 1. The molecule has 1 nitrogen and oxygen atoms in total. The van der Waals surface area contributed by atoms with Crippen LogP contribution in [0.2, 0.25) is 0 Å². The van der Waals surface area contributed by atoms with Gasteiger partial charge >= 0.3 is 35.2 Å². The van der Waals surface area contributed by atoms with Crippen molar-refractivity contribution in [3.05, 3.63) is 91.0 Å². The van der Waals surface area contributed by atoms with Crippen LogP contribution >= 0.6 is 7.92 Å². The molecule has 0 atom stereocenters. The van der Waals surface area contributed by atoms with Crippen molar-refractivity contribution >= 4 is 28.1 Å². The number of rotatable bonds is 3. The van der Waals surface area contributed by atoms with Crippen molar-refractivity contribution in [2.24, 2.45) is 0 Å². The van der Waals surface area contributed by atoms with Crippen molar-refractivity contribution in [3.63, 3.8) is 0 Å². The molecule has 0 amide bonds. The standard InChI is InChI=1S/C18H15P.C2H3O.Pd/c1-4-10-16(11-5-1)19(17-12-6-2-7-13-17)18-14-8-3-9-15-18;1-2-3;/h1-15H;1H3;. The van der Waals surface area contributed by atoms with E-state index in [-0.39, 0.29) is 4.26 Å². The fourth-order valence-corrected chi connectivity index (χ4v) is 4.48. The van der Waals surface area contributed by atoms with Crippen LogP contribution in [0.1, 0.15) is 6.92 Å². The minimum absolute atomic E-state index is 0.0167. The van der Waals surface area contributed by atoms with Crippen LogP contribution < -0.4 is 15.9 Å². The first-order valence-electron chi connectivity index (χ1n) is 7.27. The van der Waals surface area contributed by atoms with Crippen molar-refractivity contribution in [2.75, 3.05) is 0 Å². The number of carbonyl (C=O) groups excluding carboxylic acids is 1. The summed E-state index contributed by atoms with van der Waals surface area (Å²) in [6, 6.07) is 32.3. The fraction of sp³-hybridized carbons (Fsp3) is 0.0500. The molecular formula is C20H18OPPd. The number of hydrogen-bond acceptors (Lipinski definition) is 1. The van der Waals surface area contributed by atoms with Gasteiger partial charge in [-0.2, -0.15) is 0 Å². The summed E-state index contributed by atoms with van der Waals surface area (Å²) in [5.41, 5.74) is 0. The molecule has 0 radical (unpaired) electrons. The first-order chi connectivity index (χ1) is 11.2. The number of hydrogen-bond donors (Lipinski definition) is 0. The first kappa shape index (κ1) is 17.8. The summed E-state index contributed by atoms with van der Waals surface area (Å²) in [6.45, 7) is 1.46. The molecular weight excluding hydrogens is 394 g/mol. The Morgan fingerprint density at radius 2 is 0.870 bits per heavy atom. The second-order valence-corrected chi connectivity index (χ2v) is 8.08. The van der Waals surface area contributed by atoms with Crippen LogP contribution in [0.25, 0.3) is 0 Å². The summed E-state index contributed by atoms with van der Waals surface area (Å²) >= 11 is 2.41. The minimum atomic E-state index is -0.446. The molecule has 0 saturated heterocycles. The van der Waals surface area contributed by atoms with Gasteiger partial charge in [-0.25, -0.2) is 0 Å². The third-order valence-electron chi connectivity index (χ3n) is 3.04.